The lowest BCUT2D eigenvalue weighted by Gasteiger charge is -2.18. The van der Waals surface area contributed by atoms with E-state index in [9.17, 15) is 0 Å². The molecule has 0 aliphatic heterocycles. The van der Waals surface area contributed by atoms with Gasteiger partial charge in [-0.05, 0) is 19.3 Å². The Morgan fingerprint density at radius 2 is 2.54 bits per heavy atom. The molecule has 13 heavy (non-hydrogen) atoms. The third-order valence-electron chi connectivity index (χ3n) is 2.57. The van der Waals surface area contributed by atoms with E-state index >= 15 is 0 Å². The first-order chi connectivity index (χ1) is 6.35. The number of nitrogens with one attached hydrogen (secondary N) is 1. The first-order valence-electron chi connectivity index (χ1n) is 4.72. The van der Waals surface area contributed by atoms with Crippen molar-refractivity contribution in [2.75, 3.05) is 18.9 Å². The maximum atomic E-state index is 5.71. The van der Waals surface area contributed by atoms with E-state index in [1.807, 2.05) is 7.05 Å². The number of aryl methyl sites for hydroxylation is 1. The van der Waals surface area contributed by atoms with Gasteiger partial charge in [0.1, 0.15) is 0 Å². The number of rotatable bonds is 2. The van der Waals surface area contributed by atoms with Gasteiger partial charge in [0, 0.05) is 24.4 Å². The van der Waals surface area contributed by atoms with Crippen molar-refractivity contribution in [2.24, 2.45) is 5.73 Å². The second kappa shape index (κ2) is 3.64. The Morgan fingerprint density at radius 1 is 1.69 bits per heavy atom. The van der Waals surface area contributed by atoms with Crippen molar-refractivity contribution in [2.45, 2.75) is 25.2 Å². The molecule has 1 atom stereocenters. The molecule has 0 bridgehead atoms. The Kier molecular flexibility index (Phi) is 2.51. The van der Waals surface area contributed by atoms with Crippen molar-refractivity contribution in [3.8, 4) is 0 Å². The molecule has 0 saturated carbocycles. The van der Waals surface area contributed by atoms with Gasteiger partial charge in [-0.15, -0.1) is 11.3 Å². The summed E-state index contributed by atoms with van der Waals surface area (Å²) in [7, 11) is 1.92. The standard InChI is InChI=1S/C9H15N3S/c1-11-9-12-8-6(5-10)3-2-4-7(8)13-9/h6H,2-5,10H2,1H3,(H,11,12). The summed E-state index contributed by atoms with van der Waals surface area (Å²) in [5.74, 6) is 0.502. The number of nitrogens with zero attached hydrogens (tertiary/aromatic N) is 1. The van der Waals surface area contributed by atoms with Crippen LogP contribution in [0, 0.1) is 0 Å². The van der Waals surface area contributed by atoms with Crippen molar-refractivity contribution < 1.29 is 0 Å². The Hall–Kier alpha value is -0.610. The number of hydrogen-bond acceptors (Lipinski definition) is 4. The molecule has 1 aliphatic rings. The highest BCUT2D eigenvalue weighted by Gasteiger charge is 2.23. The molecule has 3 N–H and O–H groups in total. The Morgan fingerprint density at radius 3 is 3.23 bits per heavy atom. The van der Waals surface area contributed by atoms with Crippen molar-refractivity contribution in [3.63, 3.8) is 0 Å². The van der Waals surface area contributed by atoms with Crippen LogP contribution in [0.15, 0.2) is 0 Å². The van der Waals surface area contributed by atoms with E-state index in [-0.39, 0.29) is 0 Å². The summed E-state index contributed by atoms with van der Waals surface area (Å²) < 4.78 is 0. The van der Waals surface area contributed by atoms with E-state index in [1.165, 1.54) is 29.8 Å². The van der Waals surface area contributed by atoms with Crippen molar-refractivity contribution in [1.29, 1.82) is 0 Å². The number of fused-ring (bicyclic) bond motifs is 1. The lowest BCUT2D eigenvalue weighted by atomic mass is 9.91. The van der Waals surface area contributed by atoms with Gasteiger partial charge in [0.2, 0.25) is 0 Å². The molecule has 1 heterocycles. The van der Waals surface area contributed by atoms with Gasteiger partial charge in [-0.1, -0.05) is 0 Å². The fraction of sp³-hybridized carbons (Fsp3) is 0.667. The monoisotopic (exact) mass is 197 g/mol. The molecule has 1 aliphatic carbocycles. The summed E-state index contributed by atoms with van der Waals surface area (Å²) in [6.07, 6.45) is 3.65. The van der Waals surface area contributed by atoms with Crippen LogP contribution >= 0.6 is 11.3 Å². The van der Waals surface area contributed by atoms with Crippen LogP contribution in [-0.2, 0) is 6.42 Å². The smallest absolute Gasteiger partial charge is 0.182 e. The second-order valence-electron chi connectivity index (χ2n) is 3.40. The van der Waals surface area contributed by atoms with Crippen molar-refractivity contribution in [3.05, 3.63) is 10.6 Å². The van der Waals surface area contributed by atoms with Gasteiger partial charge in [-0.3, -0.25) is 0 Å². The van der Waals surface area contributed by atoms with Crippen LogP contribution in [0.5, 0.6) is 0 Å². The predicted molar refractivity (Wildman–Crippen MR) is 56.4 cm³/mol. The third kappa shape index (κ3) is 1.56. The van der Waals surface area contributed by atoms with Gasteiger partial charge in [-0.25, -0.2) is 4.98 Å². The molecule has 0 radical (unpaired) electrons. The minimum Gasteiger partial charge on any atom is -0.365 e. The Labute approximate surface area is 82.4 Å². The predicted octanol–water partition coefficient (Wildman–Crippen LogP) is 1.56. The molecule has 4 heteroatoms. The number of thiazole rings is 1. The van der Waals surface area contributed by atoms with E-state index in [0.29, 0.717) is 5.92 Å². The fourth-order valence-corrected chi connectivity index (χ4v) is 2.89. The van der Waals surface area contributed by atoms with Gasteiger partial charge >= 0.3 is 0 Å². The van der Waals surface area contributed by atoms with Gasteiger partial charge in [0.25, 0.3) is 0 Å². The zero-order chi connectivity index (χ0) is 9.26. The number of hydrogen-bond donors (Lipinski definition) is 2. The topological polar surface area (TPSA) is 50.9 Å². The van der Waals surface area contributed by atoms with Gasteiger partial charge < -0.3 is 11.1 Å². The number of aromatic nitrogens is 1. The van der Waals surface area contributed by atoms with Crippen LogP contribution < -0.4 is 11.1 Å². The molecule has 0 saturated heterocycles. The van der Waals surface area contributed by atoms with Gasteiger partial charge in [0.15, 0.2) is 5.13 Å². The van der Waals surface area contributed by atoms with Gasteiger partial charge in [-0.2, -0.15) is 0 Å². The highest BCUT2D eigenvalue weighted by atomic mass is 32.1. The molecule has 0 spiro atoms. The summed E-state index contributed by atoms with van der Waals surface area (Å²) in [6.45, 7) is 0.736. The quantitative estimate of drug-likeness (QED) is 0.756. The molecular weight excluding hydrogens is 182 g/mol. The first kappa shape index (κ1) is 8.97. The zero-order valence-corrected chi connectivity index (χ0v) is 8.66. The summed E-state index contributed by atoms with van der Waals surface area (Å²) in [4.78, 5) is 5.99. The van der Waals surface area contributed by atoms with Crippen LogP contribution in [0.2, 0.25) is 0 Å². The Balaban J connectivity index is 2.32. The van der Waals surface area contributed by atoms with Crippen LogP contribution in [0.4, 0.5) is 5.13 Å². The molecule has 72 valence electrons. The Bertz CT molecular complexity index is 295. The number of nitrogens with two attached hydrogens (primary N) is 1. The molecule has 0 amide bonds. The lowest BCUT2D eigenvalue weighted by molar-refractivity contribution is 0.554. The maximum Gasteiger partial charge on any atom is 0.182 e. The molecular formula is C9H15N3S. The first-order valence-corrected chi connectivity index (χ1v) is 5.54. The van der Waals surface area contributed by atoms with E-state index < -0.39 is 0 Å². The SMILES string of the molecule is CNc1nc2c(s1)CCCC2CN. The van der Waals surface area contributed by atoms with E-state index in [0.717, 1.165) is 11.7 Å². The summed E-state index contributed by atoms with van der Waals surface area (Å²) in [5.41, 5.74) is 6.97. The highest BCUT2D eigenvalue weighted by Crippen LogP contribution is 2.35. The van der Waals surface area contributed by atoms with E-state index in [2.05, 4.69) is 10.3 Å². The fourth-order valence-electron chi connectivity index (χ4n) is 1.84. The maximum absolute atomic E-state index is 5.71. The highest BCUT2D eigenvalue weighted by molar-refractivity contribution is 7.15. The molecule has 1 aromatic heterocycles. The molecule has 2 rings (SSSR count). The van der Waals surface area contributed by atoms with Crippen LogP contribution in [0.3, 0.4) is 0 Å². The normalized spacial score (nSPS) is 21.2. The summed E-state index contributed by atoms with van der Waals surface area (Å²) in [6, 6.07) is 0. The van der Waals surface area contributed by atoms with Gasteiger partial charge in [0.05, 0.1) is 5.69 Å². The largest absolute Gasteiger partial charge is 0.365 e. The molecule has 1 aromatic rings. The average Bonchev–Trinajstić information content (AvgIpc) is 2.59. The minimum atomic E-state index is 0.502. The lowest BCUT2D eigenvalue weighted by Crippen LogP contribution is -2.17. The van der Waals surface area contributed by atoms with E-state index in [1.54, 1.807) is 11.3 Å². The molecule has 0 aromatic carbocycles. The molecule has 0 fully saturated rings. The minimum absolute atomic E-state index is 0.502. The van der Waals surface area contributed by atoms with Crippen molar-refractivity contribution >= 4 is 16.5 Å². The van der Waals surface area contributed by atoms with Crippen molar-refractivity contribution in [1.82, 2.24) is 4.98 Å². The van der Waals surface area contributed by atoms with E-state index in [4.69, 9.17) is 5.73 Å². The number of anilines is 1. The van der Waals surface area contributed by atoms with Crippen LogP contribution in [-0.4, -0.2) is 18.6 Å². The summed E-state index contributed by atoms with van der Waals surface area (Å²) >= 11 is 1.78. The van der Waals surface area contributed by atoms with Crippen LogP contribution in [0.1, 0.15) is 29.3 Å². The summed E-state index contributed by atoms with van der Waals surface area (Å²) in [5, 5.41) is 4.13. The molecule has 3 nitrogen and oxygen atoms in total. The zero-order valence-electron chi connectivity index (χ0n) is 7.84. The average molecular weight is 197 g/mol. The molecule has 1 unspecified atom stereocenters. The third-order valence-corrected chi connectivity index (χ3v) is 3.72. The second-order valence-corrected chi connectivity index (χ2v) is 4.49. The van der Waals surface area contributed by atoms with Crippen LogP contribution in [0.25, 0.3) is 0 Å².